The van der Waals surface area contributed by atoms with Gasteiger partial charge in [0.1, 0.15) is 15.9 Å². The Hall–Kier alpha value is -1.86. The second-order valence-corrected chi connectivity index (χ2v) is 7.06. The Morgan fingerprint density at radius 3 is 2.74 bits per heavy atom. The van der Waals surface area contributed by atoms with Gasteiger partial charge in [0.2, 0.25) is 0 Å². The number of ether oxygens (including phenoxy) is 1. The van der Waals surface area contributed by atoms with Crippen LogP contribution in [0.15, 0.2) is 33.9 Å². The molecular formula is C15H13BrClN3O3. The Morgan fingerprint density at radius 1 is 1.39 bits per heavy atom. The molecule has 0 aliphatic heterocycles. The lowest BCUT2D eigenvalue weighted by Crippen LogP contribution is -2.27. The first-order valence-corrected chi connectivity index (χ1v) is 7.92. The highest BCUT2D eigenvalue weighted by molar-refractivity contribution is 9.10. The summed E-state index contributed by atoms with van der Waals surface area (Å²) < 4.78 is 12.8. The van der Waals surface area contributed by atoms with Crippen molar-refractivity contribution in [3.05, 3.63) is 34.5 Å². The molecular weight excluding hydrogens is 386 g/mol. The van der Waals surface area contributed by atoms with E-state index in [4.69, 9.17) is 20.8 Å². The van der Waals surface area contributed by atoms with Crippen LogP contribution in [-0.4, -0.2) is 26.2 Å². The van der Waals surface area contributed by atoms with Gasteiger partial charge in [-0.25, -0.2) is 19.3 Å². The SMILES string of the molecule is CC(C)(C)OC(=O)n1c(-c2cnco2)c(Cl)c2cnc(Br)cc21. The van der Waals surface area contributed by atoms with E-state index in [2.05, 4.69) is 25.9 Å². The van der Waals surface area contributed by atoms with Gasteiger partial charge in [-0.05, 0) is 42.8 Å². The largest absolute Gasteiger partial charge is 0.443 e. The molecule has 0 N–H and O–H groups in total. The van der Waals surface area contributed by atoms with Crippen LogP contribution in [-0.2, 0) is 4.74 Å². The van der Waals surface area contributed by atoms with E-state index in [0.29, 0.717) is 32.0 Å². The average molecular weight is 399 g/mol. The van der Waals surface area contributed by atoms with Gasteiger partial charge < -0.3 is 9.15 Å². The number of hydrogen-bond acceptors (Lipinski definition) is 5. The molecule has 0 bridgehead atoms. The topological polar surface area (TPSA) is 70.2 Å². The van der Waals surface area contributed by atoms with Crippen molar-refractivity contribution in [2.24, 2.45) is 0 Å². The first-order chi connectivity index (χ1) is 10.8. The summed E-state index contributed by atoms with van der Waals surface area (Å²) in [4.78, 5) is 20.7. The molecule has 0 atom stereocenters. The van der Waals surface area contributed by atoms with Crippen LogP contribution in [0.4, 0.5) is 4.79 Å². The van der Waals surface area contributed by atoms with Gasteiger partial charge in [-0.15, -0.1) is 0 Å². The Kier molecular flexibility index (Phi) is 3.93. The van der Waals surface area contributed by atoms with Gasteiger partial charge >= 0.3 is 6.09 Å². The van der Waals surface area contributed by atoms with E-state index in [-0.39, 0.29) is 0 Å². The van der Waals surface area contributed by atoms with Crippen LogP contribution < -0.4 is 0 Å². The molecule has 0 aromatic carbocycles. The number of hydrogen-bond donors (Lipinski definition) is 0. The lowest BCUT2D eigenvalue weighted by Gasteiger charge is -2.20. The van der Waals surface area contributed by atoms with Crippen LogP contribution in [0.25, 0.3) is 22.4 Å². The van der Waals surface area contributed by atoms with E-state index in [1.807, 2.05) is 0 Å². The van der Waals surface area contributed by atoms with Gasteiger partial charge in [-0.1, -0.05) is 11.6 Å². The number of rotatable bonds is 1. The Morgan fingerprint density at radius 2 is 2.13 bits per heavy atom. The predicted molar refractivity (Wildman–Crippen MR) is 89.6 cm³/mol. The van der Waals surface area contributed by atoms with Crippen LogP contribution >= 0.6 is 27.5 Å². The number of carbonyl (C=O) groups excluding carboxylic acids is 1. The number of halogens is 2. The van der Waals surface area contributed by atoms with Gasteiger partial charge in [0.15, 0.2) is 12.2 Å². The maximum Gasteiger partial charge on any atom is 0.419 e. The number of fused-ring (bicyclic) bond motifs is 1. The van der Waals surface area contributed by atoms with E-state index in [1.54, 1.807) is 33.0 Å². The minimum Gasteiger partial charge on any atom is -0.443 e. The third-order valence-electron chi connectivity index (χ3n) is 3.00. The highest BCUT2D eigenvalue weighted by atomic mass is 79.9. The van der Waals surface area contributed by atoms with Crippen LogP contribution in [0.2, 0.25) is 5.02 Å². The second-order valence-electron chi connectivity index (χ2n) is 5.87. The van der Waals surface area contributed by atoms with Gasteiger partial charge in [-0.3, -0.25) is 0 Å². The third-order valence-corrected chi connectivity index (χ3v) is 3.82. The fourth-order valence-electron chi connectivity index (χ4n) is 2.17. The molecule has 3 heterocycles. The molecule has 0 radical (unpaired) electrons. The second kappa shape index (κ2) is 5.65. The van der Waals surface area contributed by atoms with Crippen molar-refractivity contribution in [1.82, 2.24) is 14.5 Å². The number of oxazole rings is 1. The minimum absolute atomic E-state index is 0.350. The smallest absolute Gasteiger partial charge is 0.419 e. The molecule has 0 saturated heterocycles. The summed E-state index contributed by atoms with van der Waals surface area (Å²) in [7, 11) is 0. The first kappa shape index (κ1) is 16.0. The molecule has 0 spiro atoms. The van der Waals surface area contributed by atoms with E-state index in [0.717, 1.165) is 0 Å². The molecule has 3 rings (SSSR count). The number of nitrogens with zero attached hydrogens (tertiary/aromatic N) is 3. The van der Waals surface area contributed by atoms with Crippen molar-refractivity contribution in [3.63, 3.8) is 0 Å². The van der Waals surface area contributed by atoms with Crippen molar-refractivity contribution in [3.8, 4) is 11.5 Å². The van der Waals surface area contributed by atoms with E-state index in [9.17, 15) is 4.79 Å². The van der Waals surface area contributed by atoms with Gasteiger partial charge in [0, 0.05) is 11.6 Å². The maximum atomic E-state index is 12.7. The monoisotopic (exact) mass is 397 g/mol. The van der Waals surface area contributed by atoms with E-state index in [1.165, 1.54) is 17.2 Å². The average Bonchev–Trinajstić information content (AvgIpc) is 3.03. The molecule has 23 heavy (non-hydrogen) atoms. The molecule has 0 aliphatic carbocycles. The third kappa shape index (κ3) is 2.98. The van der Waals surface area contributed by atoms with Crippen molar-refractivity contribution < 1.29 is 13.9 Å². The lowest BCUT2D eigenvalue weighted by molar-refractivity contribution is 0.0546. The normalized spacial score (nSPS) is 11.9. The molecule has 0 amide bonds. The summed E-state index contributed by atoms with van der Waals surface area (Å²) in [5.74, 6) is 0.369. The van der Waals surface area contributed by atoms with E-state index >= 15 is 0 Å². The highest BCUT2D eigenvalue weighted by Crippen LogP contribution is 2.38. The van der Waals surface area contributed by atoms with E-state index < -0.39 is 11.7 Å². The highest BCUT2D eigenvalue weighted by Gasteiger charge is 2.27. The molecule has 0 aliphatic rings. The minimum atomic E-state index is -0.650. The van der Waals surface area contributed by atoms with Crippen molar-refractivity contribution in [1.29, 1.82) is 0 Å². The molecule has 3 aromatic heterocycles. The van der Waals surface area contributed by atoms with Crippen LogP contribution in [0.5, 0.6) is 0 Å². The summed E-state index contributed by atoms with van der Waals surface area (Å²) in [6.07, 6.45) is 3.79. The van der Waals surface area contributed by atoms with Gasteiger partial charge in [0.05, 0.1) is 16.7 Å². The zero-order valence-electron chi connectivity index (χ0n) is 12.6. The molecule has 3 aromatic rings. The molecule has 6 nitrogen and oxygen atoms in total. The number of carbonyl (C=O) groups is 1. The predicted octanol–water partition coefficient (Wildman–Crippen LogP) is 4.89. The summed E-state index contributed by atoms with van der Waals surface area (Å²) >= 11 is 9.75. The summed E-state index contributed by atoms with van der Waals surface area (Å²) in [6.45, 7) is 5.39. The number of pyridine rings is 1. The Balaban J connectivity index is 2.30. The molecule has 0 saturated carbocycles. The molecule has 0 unspecified atom stereocenters. The summed E-state index contributed by atoms with van der Waals surface area (Å²) in [5.41, 5.74) is 0.300. The first-order valence-electron chi connectivity index (χ1n) is 6.75. The van der Waals surface area contributed by atoms with Crippen molar-refractivity contribution in [2.75, 3.05) is 0 Å². The van der Waals surface area contributed by atoms with Crippen LogP contribution in [0, 0.1) is 0 Å². The quantitative estimate of drug-likeness (QED) is 0.546. The van der Waals surface area contributed by atoms with Crippen molar-refractivity contribution >= 4 is 44.5 Å². The zero-order valence-corrected chi connectivity index (χ0v) is 15.0. The standard InChI is InChI=1S/C15H13BrClN3O3/c1-15(2,3)23-14(21)20-9-4-11(16)19-5-8(9)12(17)13(20)10-6-18-7-22-10/h4-7H,1-3H3. The number of aromatic nitrogens is 3. The molecule has 8 heteroatoms. The summed E-state index contributed by atoms with van der Waals surface area (Å²) in [5, 5.41) is 0.967. The molecule has 0 fully saturated rings. The molecule has 120 valence electrons. The van der Waals surface area contributed by atoms with Crippen LogP contribution in [0.1, 0.15) is 20.8 Å². The Bertz CT molecular complexity index is 882. The van der Waals surface area contributed by atoms with Crippen molar-refractivity contribution in [2.45, 2.75) is 26.4 Å². The maximum absolute atomic E-state index is 12.7. The van der Waals surface area contributed by atoms with Crippen LogP contribution in [0.3, 0.4) is 0 Å². The van der Waals surface area contributed by atoms with Gasteiger partial charge in [-0.2, -0.15) is 0 Å². The Labute approximate surface area is 145 Å². The summed E-state index contributed by atoms with van der Waals surface area (Å²) in [6, 6.07) is 1.70. The fraction of sp³-hybridized carbons (Fsp3) is 0.267. The lowest BCUT2D eigenvalue weighted by atomic mass is 10.2. The van der Waals surface area contributed by atoms with Gasteiger partial charge in [0.25, 0.3) is 0 Å². The fourth-order valence-corrected chi connectivity index (χ4v) is 2.81. The zero-order chi connectivity index (χ0) is 16.8.